The summed E-state index contributed by atoms with van der Waals surface area (Å²) >= 11 is 0. The van der Waals surface area contributed by atoms with Crippen LogP contribution in [0, 0.1) is 0 Å². The van der Waals surface area contributed by atoms with E-state index in [0.29, 0.717) is 12.1 Å². The van der Waals surface area contributed by atoms with E-state index in [1.54, 1.807) is 6.20 Å². The largest absolute Gasteiger partial charge is 0.396 e. The molecule has 0 fully saturated rings. The third-order valence-electron chi connectivity index (χ3n) is 2.87. The molecule has 0 saturated carbocycles. The molecule has 106 valence electrons. The van der Waals surface area contributed by atoms with Gasteiger partial charge in [-0.1, -0.05) is 30.3 Å². The number of hydrogen-bond acceptors (Lipinski definition) is 4. The standard InChI is InChI=1S/C14H18N4O2/c15-12-7-16-18(8-12)9-14(20)17-13(10-19)6-11-4-2-1-3-5-11/h1-5,7-8,13,19H,6,9-10,15H2,(H,17,20)/t13-/m1/s1. The molecule has 2 aromatic rings. The monoisotopic (exact) mass is 274 g/mol. The minimum absolute atomic E-state index is 0.0858. The van der Waals surface area contributed by atoms with Crippen LogP contribution >= 0.6 is 0 Å². The van der Waals surface area contributed by atoms with Crippen molar-refractivity contribution in [3.63, 3.8) is 0 Å². The van der Waals surface area contributed by atoms with Gasteiger partial charge in [-0.05, 0) is 12.0 Å². The Morgan fingerprint density at radius 2 is 2.15 bits per heavy atom. The van der Waals surface area contributed by atoms with Crippen LogP contribution in [0.3, 0.4) is 0 Å². The summed E-state index contributed by atoms with van der Waals surface area (Å²) < 4.78 is 1.46. The Morgan fingerprint density at radius 3 is 2.75 bits per heavy atom. The Labute approximate surface area is 117 Å². The molecule has 6 nitrogen and oxygen atoms in total. The molecule has 20 heavy (non-hydrogen) atoms. The predicted molar refractivity (Wildman–Crippen MR) is 75.8 cm³/mol. The number of amides is 1. The van der Waals surface area contributed by atoms with Crippen LogP contribution < -0.4 is 11.1 Å². The molecule has 1 aromatic carbocycles. The van der Waals surface area contributed by atoms with Crippen LogP contribution in [0.5, 0.6) is 0 Å². The molecule has 0 aliphatic carbocycles. The van der Waals surface area contributed by atoms with Crippen molar-refractivity contribution in [1.29, 1.82) is 0 Å². The van der Waals surface area contributed by atoms with E-state index in [4.69, 9.17) is 5.73 Å². The van der Waals surface area contributed by atoms with Crippen LogP contribution in [0.2, 0.25) is 0 Å². The number of anilines is 1. The van der Waals surface area contributed by atoms with Gasteiger partial charge in [0.15, 0.2) is 0 Å². The molecule has 0 spiro atoms. The molecule has 6 heteroatoms. The Hall–Kier alpha value is -2.34. The van der Waals surface area contributed by atoms with E-state index in [-0.39, 0.29) is 25.1 Å². The van der Waals surface area contributed by atoms with Gasteiger partial charge in [-0.3, -0.25) is 9.48 Å². The van der Waals surface area contributed by atoms with Crippen LogP contribution in [0.25, 0.3) is 0 Å². The van der Waals surface area contributed by atoms with Gasteiger partial charge in [-0.25, -0.2) is 0 Å². The van der Waals surface area contributed by atoms with E-state index in [1.807, 2.05) is 30.3 Å². The van der Waals surface area contributed by atoms with Crippen molar-refractivity contribution in [2.45, 2.75) is 19.0 Å². The number of benzene rings is 1. The zero-order chi connectivity index (χ0) is 14.4. The lowest BCUT2D eigenvalue weighted by atomic mass is 10.1. The fraction of sp³-hybridized carbons (Fsp3) is 0.286. The third kappa shape index (κ3) is 4.10. The summed E-state index contributed by atoms with van der Waals surface area (Å²) in [6.45, 7) is -0.0234. The van der Waals surface area contributed by atoms with Crippen LogP contribution in [0.15, 0.2) is 42.7 Å². The van der Waals surface area contributed by atoms with Crippen molar-refractivity contribution in [3.05, 3.63) is 48.3 Å². The van der Waals surface area contributed by atoms with Gasteiger partial charge in [0.1, 0.15) is 6.54 Å². The molecule has 2 rings (SSSR count). The van der Waals surface area contributed by atoms with Crippen LogP contribution in [-0.2, 0) is 17.8 Å². The smallest absolute Gasteiger partial charge is 0.242 e. The first kappa shape index (κ1) is 14.1. The molecule has 0 radical (unpaired) electrons. The second-order valence-corrected chi connectivity index (χ2v) is 4.61. The molecule has 1 heterocycles. The SMILES string of the molecule is Nc1cnn(CC(=O)N[C@@H](CO)Cc2ccccc2)c1. The lowest BCUT2D eigenvalue weighted by Gasteiger charge is -2.16. The van der Waals surface area contributed by atoms with Crippen molar-refractivity contribution >= 4 is 11.6 Å². The highest BCUT2D eigenvalue weighted by Crippen LogP contribution is 2.03. The number of nitrogens with two attached hydrogens (primary N) is 1. The number of aliphatic hydroxyl groups is 1. The first-order valence-electron chi connectivity index (χ1n) is 6.39. The minimum Gasteiger partial charge on any atom is -0.396 e. The maximum absolute atomic E-state index is 11.9. The fourth-order valence-electron chi connectivity index (χ4n) is 1.95. The van der Waals surface area contributed by atoms with E-state index in [1.165, 1.54) is 10.9 Å². The van der Waals surface area contributed by atoms with E-state index in [0.717, 1.165) is 5.56 Å². The first-order valence-corrected chi connectivity index (χ1v) is 6.39. The number of carbonyl (C=O) groups is 1. The van der Waals surface area contributed by atoms with Gasteiger partial charge in [0.25, 0.3) is 0 Å². The Kier molecular flexibility index (Phi) is 4.73. The summed E-state index contributed by atoms with van der Waals surface area (Å²) in [4.78, 5) is 11.9. The van der Waals surface area contributed by atoms with Gasteiger partial charge < -0.3 is 16.2 Å². The quantitative estimate of drug-likeness (QED) is 0.701. The van der Waals surface area contributed by atoms with E-state index >= 15 is 0 Å². The number of aromatic nitrogens is 2. The van der Waals surface area contributed by atoms with Crippen LogP contribution in [-0.4, -0.2) is 33.4 Å². The summed E-state index contributed by atoms with van der Waals surface area (Å²) in [5.41, 5.74) is 7.11. The number of nitrogens with one attached hydrogen (secondary N) is 1. The molecule has 0 unspecified atom stereocenters. The minimum atomic E-state index is -0.308. The zero-order valence-corrected chi connectivity index (χ0v) is 11.1. The fourth-order valence-corrected chi connectivity index (χ4v) is 1.95. The molecule has 1 amide bonds. The number of rotatable bonds is 6. The molecule has 0 aliphatic heterocycles. The van der Waals surface area contributed by atoms with Gasteiger partial charge in [-0.2, -0.15) is 5.10 Å². The number of nitrogen functional groups attached to an aromatic ring is 1. The van der Waals surface area contributed by atoms with Gasteiger partial charge in [0.2, 0.25) is 5.91 Å². The van der Waals surface area contributed by atoms with Gasteiger partial charge in [0.05, 0.1) is 24.5 Å². The Balaban J connectivity index is 1.88. The maximum atomic E-state index is 11.9. The van der Waals surface area contributed by atoms with Crippen LogP contribution in [0.4, 0.5) is 5.69 Å². The predicted octanol–water partition coefficient (Wildman–Crippen LogP) is 0.185. The lowest BCUT2D eigenvalue weighted by molar-refractivity contribution is -0.122. The van der Waals surface area contributed by atoms with Gasteiger partial charge >= 0.3 is 0 Å². The van der Waals surface area contributed by atoms with Crippen molar-refractivity contribution in [3.8, 4) is 0 Å². The maximum Gasteiger partial charge on any atom is 0.242 e. The molecule has 0 saturated heterocycles. The summed E-state index contributed by atoms with van der Waals surface area (Å²) in [7, 11) is 0. The highest BCUT2D eigenvalue weighted by Gasteiger charge is 2.12. The summed E-state index contributed by atoms with van der Waals surface area (Å²) in [5.74, 6) is -0.205. The molecular formula is C14H18N4O2. The molecule has 1 aromatic heterocycles. The summed E-state index contributed by atoms with van der Waals surface area (Å²) in [6.07, 6.45) is 3.66. The molecule has 0 aliphatic rings. The van der Waals surface area contributed by atoms with Crippen molar-refractivity contribution in [1.82, 2.24) is 15.1 Å². The van der Waals surface area contributed by atoms with Crippen molar-refractivity contribution in [2.75, 3.05) is 12.3 Å². The number of hydrogen-bond donors (Lipinski definition) is 3. The number of aliphatic hydroxyl groups excluding tert-OH is 1. The Morgan fingerprint density at radius 1 is 1.40 bits per heavy atom. The second kappa shape index (κ2) is 6.72. The molecule has 0 bridgehead atoms. The average molecular weight is 274 g/mol. The van der Waals surface area contributed by atoms with Gasteiger partial charge in [0, 0.05) is 6.20 Å². The van der Waals surface area contributed by atoms with E-state index in [9.17, 15) is 9.90 Å². The normalized spacial score (nSPS) is 12.1. The van der Waals surface area contributed by atoms with Gasteiger partial charge in [-0.15, -0.1) is 0 Å². The van der Waals surface area contributed by atoms with Crippen molar-refractivity contribution in [2.24, 2.45) is 0 Å². The third-order valence-corrected chi connectivity index (χ3v) is 2.87. The summed E-state index contributed by atoms with van der Waals surface area (Å²) in [6, 6.07) is 9.40. The zero-order valence-electron chi connectivity index (χ0n) is 11.1. The van der Waals surface area contributed by atoms with E-state index < -0.39 is 0 Å². The first-order chi connectivity index (χ1) is 9.67. The second-order valence-electron chi connectivity index (χ2n) is 4.61. The highest BCUT2D eigenvalue weighted by atomic mass is 16.3. The lowest BCUT2D eigenvalue weighted by Crippen LogP contribution is -2.40. The molecule has 1 atom stereocenters. The van der Waals surface area contributed by atoms with E-state index in [2.05, 4.69) is 10.4 Å². The van der Waals surface area contributed by atoms with Crippen LogP contribution in [0.1, 0.15) is 5.56 Å². The highest BCUT2D eigenvalue weighted by molar-refractivity contribution is 5.76. The Bertz CT molecular complexity index is 553. The molecular weight excluding hydrogens is 256 g/mol. The summed E-state index contributed by atoms with van der Waals surface area (Å²) in [5, 5.41) is 16.1. The molecule has 4 N–H and O–H groups in total. The topological polar surface area (TPSA) is 93.2 Å². The number of nitrogens with zero attached hydrogens (tertiary/aromatic N) is 2. The average Bonchev–Trinajstić information content (AvgIpc) is 2.84. The van der Waals surface area contributed by atoms with Crippen molar-refractivity contribution < 1.29 is 9.90 Å². The number of carbonyl (C=O) groups excluding carboxylic acids is 1.